The second kappa shape index (κ2) is 7.25. The van der Waals surface area contributed by atoms with Crippen LogP contribution in [0, 0.1) is 19.7 Å². The lowest BCUT2D eigenvalue weighted by molar-refractivity contribution is -0.116. The van der Waals surface area contributed by atoms with E-state index in [9.17, 15) is 9.18 Å². The minimum atomic E-state index is -0.298. The van der Waals surface area contributed by atoms with Crippen molar-refractivity contribution >= 4 is 11.9 Å². The van der Waals surface area contributed by atoms with Crippen LogP contribution in [0.1, 0.15) is 23.4 Å². The first kappa shape index (κ1) is 16.8. The summed E-state index contributed by atoms with van der Waals surface area (Å²) in [6, 6.07) is 8.44. The Morgan fingerprint density at radius 3 is 2.76 bits per heavy atom. The zero-order valence-electron chi connectivity index (χ0n) is 14.1. The first-order valence-corrected chi connectivity index (χ1v) is 7.95. The van der Waals surface area contributed by atoms with Crippen molar-refractivity contribution in [3.05, 3.63) is 59.4 Å². The summed E-state index contributed by atoms with van der Waals surface area (Å²) in [6.45, 7) is 4.60. The Bertz CT molecular complexity index is 885. The van der Waals surface area contributed by atoms with E-state index in [1.54, 1.807) is 22.9 Å². The molecule has 1 aromatic carbocycles. The van der Waals surface area contributed by atoms with Crippen molar-refractivity contribution in [3.63, 3.8) is 0 Å². The topological polar surface area (TPSA) is 77.6 Å². The van der Waals surface area contributed by atoms with Gasteiger partial charge < -0.3 is 0 Å². The fourth-order valence-electron chi connectivity index (χ4n) is 2.53. The summed E-state index contributed by atoms with van der Waals surface area (Å²) in [7, 11) is 0. The number of hydrogen-bond acceptors (Lipinski definition) is 4. The van der Waals surface area contributed by atoms with Crippen molar-refractivity contribution in [2.45, 2.75) is 33.4 Å². The van der Waals surface area contributed by atoms with Crippen LogP contribution in [-0.4, -0.2) is 30.5 Å². The van der Waals surface area contributed by atoms with E-state index in [0.717, 1.165) is 11.4 Å². The highest BCUT2D eigenvalue weighted by atomic mass is 19.1. The van der Waals surface area contributed by atoms with Gasteiger partial charge in [-0.2, -0.15) is 5.10 Å². The Labute approximate surface area is 144 Å². The van der Waals surface area contributed by atoms with Crippen LogP contribution >= 0.6 is 0 Å². The molecule has 1 N–H and O–H groups in total. The molecule has 0 fully saturated rings. The molecule has 2 heterocycles. The number of rotatable bonds is 6. The number of aryl methyl sites for hydroxylation is 3. The molecule has 1 amide bonds. The smallest absolute Gasteiger partial charge is 0.248 e. The quantitative estimate of drug-likeness (QED) is 0.746. The lowest BCUT2D eigenvalue weighted by atomic mass is 10.2. The second-order valence-corrected chi connectivity index (χ2v) is 5.81. The molecule has 0 aliphatic heterocycles. The Morgan fingerprint density at radius 2 is 2.04 bits per heavy atom. The molecule has 8 heteroatoms. The van der Waals surface area contributed by atoms with Gasteiger partial charge in [-0.3, -0.25) is 14.8 Å². The Kier molecular flexibility index (Phi) is 4.87. The maximum absolute atomic E-state index is 13.6. The summed E-state index contributed by atoms with van der Waals surface area (Å²) in [5.74, 6) is -0.292. The number of carbonyl (C=O) groups excluding carboxylic acids is 1. The lowest BCUT2D eigenvalue weighted by Gasteiger charge is -2.04. The Balaban J connectivity index is 1.55. The van der Waals surface area contributed by atoms with Gasteiger partial charge in [0.1, 0.15) is 12.1 Å². The molecule has 0 saturated heterocycles. The summed E-state index contributed by atoms with van der Waals surface area (Å²) >= 11 is 0. The van der Waals surface area contributed by atoms with E-state index >= 15 is 0 Å². The molecule has 3 rings (SSSR count). The molecule has 0 saturated carbocycles. The number of carbonyl (C=O) groups is 1. The number of benzene rings is 1. The first-order valence-electron chi connectivity index (χ1n) is 7.95. The number of amides is 1. The molecular formula is C17H19FN6O. The third-order valence-electron chi connectivity index (χ3n) is 3.73. The fraction of sp³-hybridized carbons (Fsp3) is 0.294. The van der Waals surface area contributed by atoms with Crippen LogP contribution in [0.2, 0.25) is 0 Å². The average molecular weight is 342 g/mol. The monoisotopic (exact) mass is 342 g/mol. The van der Waals surface area contributed by atoms with Crippen molar-refractivity contribution < 1.29 is 9.18 Å². The van der Waals surface area contributed by atoms with Crippen molar-refractivity contribution in [2.24, 2.45) is 0 Å². The molecule has 0 radical (unpaired) electrons. The second-order valence-electron chi connectivity index (χ2n) is 5.81. The summed E-state index contributed by atoms with van der Waals surface area (Å²) in [4.78, 5) is 16.1. The molecule has 2 aromatic heterocycles. The van der Waals surface area contributed by atoms with E-state index in [4.69, 9.17) is 0 Å². The molecule has 130 valence electrons. The molecule has 7 nitrogen and oxygen atoms in total. The van der Waals surface area contributed by atoms with Crippen molar-refractivity contribution in [3.8, 4) is 0 Å². The summed E-state index contributed by atoms with van der Waals surface area (Å²) in [5.41, 5.74) is 2.44. The fourth-order valence-corrected chi connectivity index (χ4v) is 2.53. The van der Waals surface area contributed by atoms with Gasteiger partial charge in [0.05, 0.1) is 12.2 Å². The summed E-state index contributed by atoms with van der Waals surface area (Å²) < 4.78 is 16.9. The minimum Gasteiger partial charge on any atom is -0.293 e. The van der Waals surface area contributed by atoms with Gasteiger partial charge in [-0.15, -0.1) is 5.10 Å². The van der Waals surface area contributed by atoms with Crippen molar-refractivity contribution in [1.29, 1.82) is 0 Å². The van der Waals surface area contributed by atoms with E-state index in [1.807, 2.05) is 19.9 Å². The number of halogens is 1. The van der Waals surface area contributed by atoms with Gasteiger partial charge in [0.25, 0.3) is 0 Å². The number of hydrogen-bond donors (Lipinski definition) is 1. The van der Waals surface area contributed by atoms with Crippen LogP contribution in [-0.2, 0) is 17.9 Å². The highest BCUT2D eigenvalue weighted by Crippen LogP contribution is 2.09. The van der Waals surface area contributed by atoms with Gasteiger partial charge in [0.15, 0.2) is 0 Å². The number of nitrogens with one attached hydrogen (secondary N) is 1. The Morgan fingerprint density at radius 1 is 1.24 bits per heavy atom. The first-order chi connectivity index (χ1) is 12.0. The molecule has 0 aliphatic rings. The molecule has 0 atom stereocenters. The standard InChI is InChI=1S/C17H19FN6O/c1-12-9-13(2)24(21-12)8-7-16(25)20-17-19-11-23(22-17)10-14-5-3-4-6-15(14)18/h3-6,9,11H,7-8,10H2,1-2H3,(H,20,22,25). The van der Waals surface area contributed by atoms with E-state index < -0.39 is 0 Å². The van der Waals surface area contributed by atoms with Gasteiger partial charge in [0.2, 0.25) is 11.9 Å². The van der Waals surface area contributed by atoms with Crippen molar-refractivity contribution in [1.82, 2.24) is 24.5 Å². The normalized spacial score (nSPS) is 10.8. The van der Waals surface area contributed by atoms with Gasteiger partial charge >= 0.3 is 0 Å². The third kappa shape index (κ3) is 4.28. The minimum absolute atomic E-state index is 0.198. The molecule has 0 bridgehead atoms. The number of aromatic nitrogens is 5. The zero-order valence-corrected chi connectivity index (χ0v) is 14.1. The zero-order chi connectivity index (χ0) is 17.8. The van der Waals surface area contributed by atoms with Crippen LogP contribution in [0.25, 0.3) is 0 Å². The van der Waals surface area contributed by atoms with Gasteiger partial charge in [-0.05, 0) is 26.0 Å². The molecule has 0 spiro atoms. The van der Waals surface area contributed by atoms with Gasteiger partial charge in [-0.1, -0.05) is 18.2 Å². The highest BCUT2D eigenvalue weighted by molar-refractivity contribution is 5.88. The predicted octanol–water partition coefficient (Wildman–Crippen LogP) is 2.31. The average Bonchev–Trinajstić information content (AvgIpc) is 3.13. The number of nitrogens with zero attached hydrogens (tertiary/aromatic N) is 5. The van der Waals surface area contributed by atoms with Crippen LogP contribution in [0.3, 0.4) is 0 Å². The maximum atomic E-state index is 13.6. The predicted molar refractivity (Wildman–Crippen MR) is 90.5 cm³/mol. The SMILES string of the molecule is Cc1cc(C)n(CCC(=O)Nc2ncn(Cc3ccccc3F)n2)n1. The number of anilines is 1. The summed E-state index contributed by atoms with van der Waals surface area (Å²) in [5, 5.41) is 11.1. The van der Waals surface area contributed by atoms with Crippen LogP contribution in [0.15, 0.2) is 36.7 Å². The highest BCUT2D eigenvalue weighted by Gasteiger charge is 2.09. The largest absolute Gasteiger partial charge is 0.293 e. The molecular weight excluding hydrogens is 323 g/mol. The lowest BCUT2D eigenvalue weighted by Crippen LogP contribution is -2.16. The summed E-state index contributed by atoms with van der Waals surface area (Å²) in [6.07, 6.45) is 1.73. The van der Waals surface area contributed by atoms with Gasteiger partial charge in [-0.25, -0.2) is 14.1 Å². The molecule has 25 heavy (non-hydrogen) atoms. The molecule has 0 unspecified atom stereocenters. The van der Waals surface area contributed by atoms with E-state index in [0.29, 0.717) is 12.1 Å². The van der Waals surface area contributed by atoms with Crippen LogP contribution in [0.5, 0.6) is 0 Å². The Hall–Kier alpha value is -3.03. The van der Waals surface area contributed by atoms with Crippen LogP contribution in [0.4, 0.5) is 10.3 Å². The van der Waals surface area contributed by atoms with Gasteiger partial charge in [0, 0.05) is 24.2 Å². The molecule has 0 aliphatic carbocycles. The van der Waals surface area contributed by atoms with Crippen molar-refractivity contribution in [2.75, 3.05) is 5.32 Å². The third-order valence-corrected chi connectivity index (χ3v) is 3.73. The van der Waals surface area contributed by atoms with E-state index in [2.05, 4.69) is 20.5 Å². The van der Waals surface area contributed by atoms with Crippen LogP contribution < -0.4 is 5.32 Å². The van der Waals surface area contributed by atoms with E-state index in [1.165, 1.54) is 17.1 Å². The maximum Gasteiger partial charge on any atom is 0.248 e. The molecule has 3 aromatic rings. The van der Waals surface area contributed by atoms with E-state index in [-0.39, 0.29) is 30.6 Å².